The fourth-order valence-electron chi connectivity index (χ4n) is 1.47. The maximum atomic E-state index is 11.5. The number of rotatable bonds is 8. The zero-order valence-electron chi connectivity index (χ0n) is 9.08. The van der Waals surface area contributed by atoms with E-state index in [1.54, 1.807) is 0 Å². The Morgan fingerprint density at radius 1 is 1.29 bits per heavy atom. The van der Waals surface area contributed by atoms with Crippen LogP contribution in [0.25, 0.3) is 0 Å². The molecule has 3 nitrogen and oxygen atoms in total. The third-order valence-electron chi connectivity index (χ3n) is 2.28. The molecule has 0 bridgehead atoms. The molecular formula is C11H20O3. The van der Waals surface area contributed by atoms with Crippen molar-refractivity contribution in [3.63, 3.8) is 0 Å². The minimum atomic E-state index is -0.429. The molecule has 0 aromatic carbocycles. The van der Waals surface area contributed by atoms with Crippen LogP contribution >= 0.6 is 0 Å². The predicted octanol–water partition coefficient (Wildman–Crippen LogP) is 1.72. The zero-order valence-corrected chi connectivity index (χ0v) is 9.08. The lowest BCUT2D eigenvalue weighted by molar-refractivity contribution is -0.132. The fraction of sp³-hybridized carbons (Fsp3) is 0.818. The van der Waals surface area contributed by atoms with Crippen molar-refractivity contribution in [2.24, 2.45) is 5.92 Å². The normalized spacial score (nSPS) is 12.5. The summed E-state index contributed by atoms with van der Waals surface area (Å²) in [5.41, 5.74) is 0. The topological polar surface area (TPSA) is 54.4 Å². The molecule has 0 aromatic rings. The quantitative estimate of drug-likeness (QED) is 0.479. The molecule has 0 aliphatic carbocycles. The lowest BCUT2D eigenvalue weighted by Gasteiger charge is -2.11. The van der Waals surface area contributed by atoms with Gasteiger partial charge in [0.05, 0.1) is 5.92 Å². The summed E-state index contributed by atoms with van der Waals surface area (Å²) in [6.45, 7) is 3.53. The summed E-state index contributed by atoms with van der Waals surface area (Å²) < 4.78 is 0. The summed E-state index contributed by atoms with van der Waals surface area (Å²) in [6, 6.07) is 0. The zero-order chi connectivity index (χ0) is 11.0. The Labute approximate surface area is 85.5 Å². The van der Waals surface area contributed by atoms with E-state index in [9.17, 15) is 9.59 Å². The molecule has 0 aliphatic heterocycles. The van der Waals surface area contributed by atoms with Crippen LogP contribution in [0, 0.1) is 5.92 Å². The van der Waals surface area contributed by atoms with E-state index in [0.717, 1.165) is 12.8 Å². The van der Waals surface area contributed by atoms with Gasteiger partial charge < -0.3 is 5.11 Å². The van der Waals surface area contributed by atoms with Gasteiger partial charge in [-0.15, -0.1) is 0 Å². The minimum Gasteiger partial charge on any atom is -0.396 e. The van der Waals surface area contributed by atoms with Crippen LogP contribution in [-0.4, -0.2) is 23.3 Å². The summed E-state index contributed by atoms with van der Waals surface area (Å²) in [7, 11) is 0. The Morgan fingerprint density at radius 2 is 1.93 bits per heavy atom. The van der Waals surface area contributed by atoms with E-state index in [0.29, 0.717) is 19.3 Å². The van der Waals surface area contributed by atoms with Crippen molar-refractivity contribution < 1.29 is 14.7 Å². The van der Waals surface area contributed by atoms with Gasteiger partial charge in [0.2, 0.25) is 0 Å². The summed E-state index contributed by atoms with van der Waals surface area (Å²) in [5, 5.41) is 8.59. The van der Waals surface area contributed by atoms with Crippen LogP contribution in [0.4, 0.5) is 0 Å². The van der Waals surface area contributed by atoms with E-state index in [1.165, 1.54) is 6.92 Å². The van der Waals surface area contributed by atoms with Gasteiger partial charge in [-0.05, 0) is 26.2 Å². The lowest BCUT2D eigenvalue weighted by atomic mass is 9.91. The number of carbonyl (C=O) groups is 2. The van der Waals surface area contributed by atoms with Crippen molar-refractivity contribution in [3.05, 3.63) is 0 Å². The van der Waals surface area contributed by atoms with Crippen LogP contribution in [0.1, 0.15) is 46.0 Å². The summed E-state index contributed by atoms with van der Waals surface area (Å²) >= 11 is 0. The highest BCUT2D eigenvalue weighted by Crippen LogP contribution is 2.13. The Kier molecular flexibility index (Phi) is 7.30. The van der Waals surface area contributed by atoms with E-state index in [4.69, 9.17) is 5.11 Å². The van der Waals surface area contributed by atoms with E-state index in [1.807, 2.05) is 6.92 Å². The fourth-order valence-corrected chi connectivity index (χ4v) is 1.47. The number of hydrogen-bond donors (Lipinski definition) is 1. The first-order valence-electron chi connectivity index (χ1n) is 5.27. The molecule has 1 unspecified atom stereocenters. The minimum absolute atomic E-state index is 0.0404. The van der Waals surface area contributed by atoms with E-state index >= 15 is 0 Å². The van der Waals surface area contributed by atoms with Crippen molar-refractivity contribution in [1.82, 2.24) is 0 Å². The van der Waals surface area contributed by atoms with Gasteiger partial charge >= 0.3 is 0 Å². The number of aliphatic hydroxyl groups excluding tert-OH is 1. The van der Waals surface area contributed by atoms with Crippen LogP contribution in [0.2, 0.25) is 0 Å². The van der Waals surface area contributed by atoms with Crippen molar-refractivity contribution in [2.75, 3.05) is 6.61 Å². The molecule has 82 valence electrons. The van der Waals surface area contributed by atoms with Crippen LogP contribution < -0.4 is 0 Å². The van der Waals surface area contributed by atoms with Gasteiger partial charge in [0.15, 0.2) is 0 Å². The molecule has 0 saturated heterocycles. The molecule has 1 N–H and O–H groups in total. The molecular weight excluding hydrogens is 180 g/mol. The molecule has 1 atom stereocenters. The number of aliphatic hydroxyl groups is 1. The second-order valence-corrected chi connectivity index (χ2v) is 3.60. The highest BCUT2D eigenvalue weighted by molar-refractivity contribution is 6.01. The number of hydrogen-bond acceptors (Lipinski definition) is 3. The average Bonchev–Trinajstić information content (AvgIpc) is 2.12. The number of unbranched alkanes of at least 4 members (excludes halogenated alkanes) is 1. The second kappa shape index (κ2) is 7.68. The van der Waals surface area contributed by atoms with Gasteiger partial charge in [-0.3, -0.25) is 9.59 Å². The van der Waals surface area contributed by atoms with Crippen molar-refractivity contribution >= 4 is 11.6 Å². The average molecular weight is 200 g/mol. The van der Waals surface area contributed by atoms with Crippen LogP contribution in [0.3, 0.4) is 0 Å². The van der Waals surface area contributed by atoms with Crippen molar-refractivity contribution in [2.45, 2.75) is 46.0 Å². The number of ketones is 2. The van der Waals surface area contributed by atoms with Gasteiger partial charge in [0.25, 0.3) is 0 Å². The second-order valence-electron chi connectivity index (χ2n) is 3.60. The third kappa shape index (κ3) is 5.12. The number of carbonyl (C=O) groups excluding carboxylic acids is 2. The van der Waals surface area contributed by atoms with Crippen molar-refractivity contribution in [3.8, 4) is 0 Å². The first-order valence-corrected chi connectivity index (χ1v) is 5.27. The van der Waals surface area contributed by atoms with E-state index < -0.39 is 5.92 Å². The molecule has 0 rings (SSSR count). The van der Waals surface area contributed by atoms with Crippen molar-refractivity contribution in [1.29, 1.82) is 0 Å². The Hall–Kier alpha value is -0.700. The summed E-state index contributed by atoms with van der Waals surface area (Å²) in [6.07, 6.45) is 3.29. The highest BCUT2D eigenvalue weighted by Gasteiger charge is 2.21. The molecule has 0 spiro atoms. The maximum absolute atomic E-state index is 11.5. The predicted molar refractivity (Wildman–Crippen MR) is 55.0 cm³/mol. The number of Topliss-reactive ketones (excluding diaryl/α,β-unsaturated/α-hetero) is 2. The van der Waals surface area contributed by atoms with Gasteiger partial charge in [-0.25, -0.2) is 0 Å². The third-order valence-corrected chi connectivity index (χ3v) is 2.28. The molecule has 0 aromatic heterocycles. The summed E-state index contributed by atoms with van der Waals surface area (Å²) in [4.78, 5) is 22.7. The monoisotopic (exact) mass is 200 g/mol. The SMILES string of the molecule is CCCC(=O)C(CCCCO)C(C)=O. The van der Waals surface area contributed by atoms with Gasteiger partial charge in [-0.2, -0.15) is 0 Å². The Bertz CT molecular complexity index is 187. The van der Waals surface area contributed by atoms with Crippen LogP contribution in [0.15, 0.2) is 0 Å². The molecule has 0 fully saturated rings. The van der Waals surface area contributed by atoms with Gasteiger partial charge in [-0.1, -0.05) is 13.3 Å². The molecule has 0 aliphatic rings. The van der Waals surface area contributed by atoms with E-state index in [2.05, 4.69) is 0 Å². The van der Waals surface area contributed by atoms with Crippen LogP contribution in [0.5, 0.6) is 0 Å². The Morgan fingerprint density at radius 3 is 2.36 bits per heavy atom. The molecule has 0 saturated carbocycles. The van der Waals surface area contributed by atoms with Gasteiger partial charge in [0, 0.05) is 13.0 Å². The summed E-state index contributed by atoms with van der Waals surface area (Å²) in [5.74, 6) is -0.416. The molecule has 0 heterocycles. The lowest BCUT2D eigenvalue weighted by Crippen LogP contribution is -2.21. The molecule has 14 heavy (non-hydrogen) atoms. The Balaban J connectivity index is 4.01. The van der Waals surface area contributed by atoms with Gasteiger partial charge in [0.1, 0.15) is 11.6 Å². The molecule has 0 radical (unpaired) electrons. The first-order chi connectivity index (χ1) is 6.63. The largest absolute Gasteiger partial charge is 0.396 e. The molecule has 3 heteroatoms. The maximum Gasteiger partial charge on any atom is 0.143 e. The first kappa shape index (κ1) is 13.3. The molecule has 0 amide bonds. The van der Waals surface area contributed by atoms with E-state index in [-0.39, 0.29) is 18.2 Å². The highest BCUT2D eigenvalue weighted by atomic mass is 16.2. The smallest absolute Gasteiger partial charge is 0.143 e. The standard InChI is InChI=1S/C11H20O3/c1-3-6-11(14)10(9(2)13)7-4-5-8-12/h10,12H,3-8H2,1-2H3. The van der Waals surface area contributed by atoms with Crippen LogP contribution in [-0.2, 0) is 9.59 Å².